The molecular formula is C12H16O2. The maximum absolute atomic E-state index is 9.44. The second-order valence-electron chi connectivity index (χ2n) is 4.05. The van der Waals surface area contributed by atoms with Crippen LogP contribution in [-0.4, -0.2) is 11.4 Å². The van der Waals surface area contributed by atoms with Crippen LogP contribution < -0.4 is 4.74 Å². The summed E-state index contributed by atoms with van der Waals surface area (Å²) in [6.07, 6.45) is 1.00. The van der Waals surface area contributed by atoms with E-state index < -0.39 is 6.29 Å². The highest BCUT2D eigenvalue weighted by atomic mass is 16.6. The summed E-state index contributed by atoms with van der Waals surface area (Å²) in [4.78, 5) is 0. The molecule has 0 saturated heterocycles. The largest absolute Gasteiger partial charge is 0.465 e. The van der Waals surface area contributed by atoms with Crippen LogP contribution in [0.1, 0.15) is 28.7 Å². The van der Waals surface area contributed by atoms with E-state index in [0.29, 0.717) is 6.42 Å². The molecule has 1 aliphatic rings. The lowest BCUT2D eigenvalue weighted by atomic mass is 9.94. The van der Waals surface area contributed by atoms with E-state index >= 15 is 0 Å². The van der Waals surface area contributed by atoms with Gasteiger partial charge in [0, 0.05) is 6.42 Å². The SMILES string of the molecule is Cc1cc(C)c2c(c1C)OC(O)CC2. The van der Waals surface area contributed by atoms with Gasteiger partial charge in [0.1, 0.15) is 5.75 Å². The van der Waals surface area contributed by atoms with Crippen molar-refractivity contribution in [3.05, 3.63) is 28.3 Å². The predicted molar refractivity (Wildman–Crippen MR) is 55.6 cm³/mol. The van der Waals surface area contributed by atoms with Gasteiger partial charge in [-0.3, -0.25) is 0 Å². The maximum atomic E-state index is 9.44. The van der Waals surface area contributed by atoms with Crippen LogP contribution in [-0.2, 0) is 6.42 Å². The van der Waals surface area contributed by atoms with Gasteiger partial charge in [0.2, 0.25) is 0 Å². The summed E-state index contributed by atoms with van der Waals surface area (Å²) in [7, 11) is 0. The minimum atomic E-state index is -0.623. The van der Waals surface area contributed by atoms with Gasteiger partial charge in [-0.1, -0.05) is 6.07 Å². The zero-order valence-corrected chi connectivity index (χ0v) is 8.92. The van der Waals surface area contributed by atoms with Crippen LogP contribution in [0.25, 0.3) is 0 Å². The van der Waals surface area contributed by atoms with E-state index in [0.717, 1.165) is 17.7 Å². The monoisotopic (exact) mass is 192 g/mol. The number of ether oxygens (including phenoxy) is 1. The highest BCUT2D eigenvalue weighted by Gasteiger charge is 2.21. The molecule has 0 aromatic heterocycles. The van der Waals surface area contributed by atoms with Gasteiger partial charge in [-0.2, -0.15) is 0 Å². The van der Waals surface area contributed by atoms with E-state index in [1.807, 2.05) is 6.92 Å². The molecule has 0 aliphatic carbocycles. The molecule has 0 spiro atoms. The van der Waals surface area contributed by atoms with Gasteiger partial charge in [0.15, 0.2) is 6.29 Å². The van der Waals surface area contributed by atoms with Crippen molar-refractivity contribution in [2.75, 3.05) is 0 Å². The Labute approximate surface area is 84.5 Å². The number of rotatable bonds is 0. The Morgan fingerprint density at radius 2 is 2.00 bits per heavy atom. The molecule has 0 amide bonds. The molecule has 14 heavy (non-hydrogen) atoms. The highest BCUT2D eigenvalue weighted by molar-refractivity contribution is 5.50. The molecule has 2 rings (SSSR count). The molecular weight excluding hydrogens is 176 g/mol. The second kappa shape index (κ2) is 3.28. The van der Waals surface area contributed by atoms with Gasteiger partial charge in [-0.05, 0) is 49.4 Å². The molecule has 2 heteroatoms. The van der Waals surface area contributed by atoms with Crippen molar-refractivity contribution in [2.45, 2.75) is 39.9 Å². The molecule has 1 heterocycles. The Bertz CT molecular complexity index is 369. The van der Waals surface area contributed by atoms with E-state index in [9.17, 15) is 5.11 Å². The fraction of sp³-hybridized carbons (Fsp3) is 0.500. The lowest BCUT2D eigenvalue weighted by Crippen LogP contribution is -2.23. The van der Waals surface area contributed by atoms with Gasteiger partial charge in [-0.15, -0.1) is 0 Å². The first-order chi connectivity index (χ1) is 6.59. The van der Waals surface area contributed by atoms with Gasteiger partial charge in [0.25, 0.3) is 0 Å². The van der Waals surface area contributed by atoms with Crippen LogP contribution in [0.4, 0.5) is 0 Å². The molecule has 0 bridgehead atoms. The minimum Gasteiger partial charge on any atom is -0.465 e. The number of fused-ring (bicyclic) bond motifs is 1. The van der Waals surface area contributed by atoms with Crippen molar-refractivity contribution >= 4 is 0 Å². The summed E-state index contributed by atoms with van der Waals surface area (Å²) >= 11 is 0. The molecule has 2 nitrogen and oxygen atoms in total. The molecule has 1 aromatic rings. The Morgan fingerprint density at radius 1 is 1.29 bits per heavy atom. The standard InChI is InChI=1S/C12H16O2/c1-7-6-8(2)10-4-5-11(13)14-12(10)9(7)3/h6,11,13H,4-5H2,1-3H3. The number of aliphatic hydroxyl groups is 1. The van der Waals surface area contributed by atoms with Gasteiger partial charge in [-0.25, -0.2) is 0 Å². The van der Waals surface area contributed by atoms with E-state index in [4.69, 9.17) is 4.74 Å². The number of hydrogen-bond acceptors (Lipinski definition) is 2. The second-order valence-corrected chi connectivity index (χ2v) is 4.05. The zero-order valence-electron chi connectivity index (χ0n) is 8.92. The average Bonchev–Trinajstić information content (AvgIpc) is 2.14. The molecule has 1 aromatic carbocycles. The zero-order chi connectivity index (χ0) is 10.3. The summed E-state index contributed by atoms with van der Waals surface area (Å²) in [5.41, 5.74) is 4.92. The van der Waals surface area contributed by atoms with Crippen LogP contribution >= 0.6 is 0 Å². The van der Waals surface area contributed by atoms with Crippen LogP contribution in [0.2, 0.25) is 0 Å². The molecule has 1 unspecified atom stereocenters. The lowest BCUT2D eigenvalue weighted by molar-refractivity contribution is -0.0322. The van der Waals surface area contributed by atoms with Crippen LogP contribution in [0.3, 0.4) is 0 Å². The van der Waals surface area contributed by atoms with E-state index in [1.165, 1.54) is 16.7 Å². The third-order valence-corrected chi connectivity index (χ3v) is 3.01. The molecule has 0 radical (unpaired) electrons. The fourth-order valence-corrected chi connectivity index (χ4v) is 2.04. The first-order valence-electron chi connectivity index (χ1n) is 5.04. The first-order valence-corrected chi connectivity index (χ1v) is 5.04. The Kier molecular flexibility index (Phi) is 2.23. The molecule has 76 valence electrons. The first kappa shape index (κ1) is 9.53. The number of aliphatic hydroxyl groups excluding tert-OH is 1. The highest BCUT2D eigenvalue weighted by Crippen LogP contribution is 2.34. The maximum Gasteiger partial charge on any atom is 0.197 e. The number of hydrogen-bond donors (Lipinski definition) is 1. The predicted octanol–water partition coefficient (Wildman–Crippen LogP) is 2.26. The summed E-state index contributed by atoms with van der Waals surface area (Å²) in [5, 5.41) is 9.44. The molecule has 0 fully saturated rings. The number of aryl methyl sites for hydroxylation is 2. The molecule has 1 aliphatic heterocycles. The van der Waals surface area contributed by atoms with E-state index in [-0.39, 0.29) is 0 Å². The Morgan fingerprint density at radius 3 is 2.71 bits per heavy atom. The summed E-state index contributed by atoms with van der Waals surface area (Å²) in [5.74, 6) is 0.904. The van der Waals surface area contributed by atoms with Crippen molar-refractivity contribution in [1.82, 2.24) is 0 Å². The molecule has 0 saturated carbocycles. The van der Waals surface area contributed by atoms with Crippen molar-refractivity contribution in [1.29, 1.82) is 0 Å². The molecule has 1 N–H and O–H groups in total. The van der Waals surface area contributed by atoms with Gasteiger partial charge < -0.3 is 9.84 Å². The van der Waals surface area contributed by atoms with Crippen molar-refractivity contribution in [3.63, 3.8) is 0 Å². The van der Waals surface area contributed by atoms with Gasteiger partial charge >= 0.3 is 0 Å². The average molecular weight is 192 g/mol. The quantitative estimate of drug-likeness (QED) is 0.683. The van der Waals surface area contributed by atoms with Crippen LogP contribution in [0.15, 0.2) is 6.07 Å². The molecule has 1 atom stereocenters. The smallest absolute Gasteiger partial charge is 0.197 e. The van der Waals surface area contributed by atoms with Crippen molar-refractivity contribution in [3.8, 4) is 5.75 Å². The Hall–Kier alpha value is -1.02. The lowest BCUT2D eigenvalue weighted by Gasteiger charge is -2.26. The summed E-state index contributed by atoms with van der Waals surface area (Å²) in [6, 6.07) is 2.19. The topological polar surface area (TPSA) is 29.5 Å². The van der Waals surface area contributed by atoms with Crippen molar-refractivity contribution in [2.24, 2.45) is 0 Å². The van der Waals surface area contributed by atoms with Gasteiger partial charge in [0.05, 0.1) is 0 Å². The number of benzene rings is 1. The summed E-state index contributed by atoms with van der Waals surface area (Å²) < 4.78 is 5.48. The Balaban J connectivity index is 2.57. The minimum absolute atomic E-state index is 0.623. The van der Waals surface area contributed by atoms with Crippen LogP contribution in [0.5, 0.6) is 5.75 Å². The fourth-order valence-electron chi connectivity index (χ4n) is 2.04. The van der Waals surface area contributed by atoms with E-state index in [1.54, 1.807) is 0 Å². The van der Waals surface area contributed by atoms with E-state index in [2.05, 4.69) is 19.9 Å². The third kappa shape index (κ3) is 1.40. The van der Waals surface area contributed by atoms with Crippen molar-refractivity contribution < 1.29 is 9.84 Å². The summed E-state index contributed by atoms with van der Waals surface area (Å²) in [6.45, 7) is 6.23. The van der Waals surface area contributed by atoms with Crippen LogP contribution in [0, 0.1) is 20.8 Å². The normalized spacial score (nSPS) is 20.1. The third-order valence-electron chi connectivity index (χ3n) is 3.01.